The zero-order valence-electron chi connectivity index (χ0n) is 9.46. The third-order valence-electron chi connectivity index (χ3n) is 3.04. The summed E-state index contributed by atoms with van der Waals surface area (Å²) >= 11 is 7.60. The van der Waals surface area contributed by atoms with Gasteiger partial charge in [0.05, 0.1) is 15.8 Å². The van der Waals surface area contributed by atoms with Gasteiger partial charge in [0.25, 0.3) is 0 Å². The van der Waals surface area contributed by atoms with E-state index in [1.807, 2.05) is 18.2 Å². The van der Waals surface area contributed by atoms with Crippen LogP contribution in [0.15, 0.2) is 18.2 Å². The number of thiazole rings is 1. The van der Waals surface area contributed by atoms with E-state index in [1.165, 1.54) is 0 Å². The van der Waals surface area contributed by atoms with E-state index < -0.39 is 0 Å². The largest absolute Gasteiger partial charge is 0.319 e. The zero-order chi connectivity index (χ0) is 11.8. The van der Waals surface area contributed by atoms with Crippen LogP contribution in [-0.4, -0.2) is 4.98 Å². The molecule has 86 valence electrons. The number of nitrogens with two attached hydrogens (primary N) is 1. The Morgan fingerprint density at radius 3 is 2.69 bits per heavy atom. The Morgan fingerprint density at radius 1 is 1.38 bits per heavy atom. The predicted molar refractivity (Wildman–Crippen MR) is 71.1 cm³/mol. The molecule has 0 aliphatic rings. The molecule has 0 saturated carbocycles. The molecule has 1 aromatic carbocycles. The molecule has 2 nitrogen and oxygen atoms in total. The zero-order valence-corrected chi connectivity index (χ0v) is 11.0. The minimum Gasteiger partial charge on any atom is -0.319 e. The summed E-state index contributed by atoms with van der Waals surface area (Å²) in [5.74, 6) is 0. The molecule has 2 N–H and O–H groups in total. The average Bonchev–Trinajstić information content (AvgIpc) is 2.71. The second kappa shape index (κ2) is 4.32. The Balaban J connectivity index is 2.54. The van der Waals surface area contributed by atoms with Crippen molar-refractivity contribution in [3.63, 3.8) is 0 Å². The van der Waals surface area contributed by atoms with Gasteiger partial charge in [0.1, 0.15) is 5.01 Å². The van der Waals surface area contributed by atoms with Crippen molar-refractivity contribution in [1.29, 1.82) is 0 Å². The van der Waals surface area contributed by atoms with Crippen LogP contribution in [0.2, 0.25) is 5.02 Å². The lowest BCUT2D eigenvalue weighted by molar-refractivity contribution is 0.411. The van der Waals surface area contributed by atoms with Crippen molar-refractivity contribution >= 4 is 33.2 Å². The fraction of sp³-hybridized carbons (Fsp3) is 0.417. The summed E-state index contributed by atoms with van der Waals surface area (Å²) in [6, 6.07) is 5.76. The molecule has 2 aromatic rings. The topological polar surface area (TPSA) is 38.9 Å². The highest BCUT2D eigenvalue weighted by Crippen LogP contribution is 2.33. The molecule has 16 heavy (non-hydrogen) atoms. The number of nitrogens with zero attached hydrogens (tertiary/aromatic N) is 1. The maximum Gasteiger partial charge on any atom is 0.114 e. The Bertz CT molecular complexity index is 503. The van der Waals surface area contributed by atoms with E-state index in [2.05, 4.69) is 18.8 Å². The van der Waals surface area contributed by atoms with Crippen LogP contribution in [0.25, 0.3) is 10.2 Å². The molecule has 0 spiro atoms. The number of hydrogen-bond donors (Lipinski definition) is 1. The van der Waals surface area contributed by atoms with Gasteiger partial charge < -0.3 is 5.73 Å². The summed E-state index contributed by atoms with van der Waals surface area (Å²) in [4.78, 5) is 4.60. The van der Waals surface area contributed by atoms with E-state index in [1.54, 1.807) is 11.3 Å². The molecule has 1 aromatic heterocycles. The highest BCUT2D eigenvalue weighted by atomic mass is 35.5. The molecule has 1 heterocycles. The van der Waals surface area contributed by atoms with Crippen LogP contribution in [0.3, 0.4) is 0 Å². The Morgan fingerprint density at radius 2 is 2.06 bits per heavy atom. The number of aromatic nitrogens is 1. The predicted octanol–water partition coefficient (Wildman–Crippen LogP) is 3.92. The van der Waals surface area contributed by atoms with Crippen LogP contribution in [0.4, 0.5) is 0 Å². The normalized spacial score (nSPS) is 12.2. The minimum absolute atomic E-state index is 0.295. The SMILES string of the molecule is CCC(N)(CC)c1nc2ccc(Cl)cc2s1. The lowest BCUT2D eigenvalue weighted by Gasteiger charge is -2.23. The Hall–Kier alpha value is -0.640. The van der Waals surface area contributed by atoms with E-state index in [0.717, 1.165) is 33.1 Å². The molecule has 0 atom stereocenters. The van der Waals surface area contributed by atoms with Crippen molar-refractivity contribution in [2.24, 2.45) is 5.73 Å². The van der Waals surface area contributed by atoms with Crippen molar-refractivity contribution in [1.82, 2.24) is 4.98 Å². The second-order valence-electron chi connectivity index (χ2n) is 3.99. The first-order valence-electron chi connectivity index (χ1n) is 5.44. The molecule has 0 fully saturated rings. The van der Waals surface area contributed by atoms with Crippen molar-refractivity contribution in [2.75, 3.05) is 0 Å². The lowest BCUT2D eigenvalue weighted by Crippen LogP contribution is -2.34. The Kier molecular flexibility index (Phi) is 3.19. The molecule has 4 heteroatoms. The molecule has 0 aliphatic heterocycles. The average molecular weight is 255 g/mol. The third kappa shape index (κ3) is 1.95. The van der Waals surface area contributed by atoms with Gasteiger partial charge in [0.15, 0.2) is 0 Å². The van der Waals surface area contributed by atoms with E-state index in [-0.39, 0.29) is 5.54 Å². The number of rotatable bonds is 3. The van der Waals surface area contributed by atoms with Gasteiger partial charge >= 0.3 is 0 Å². The summed E-state index contributed by atoms with van der Waals surface area (Å²) in [6.45, 7) is 4.20. The van der Waals surface area contributed by atoms with Crippen LogP contribution < -0.4 is 5.73 Å². The second-order valence-corrected chi connectivity index (χ2v) is 5.46. The van der Waals surface area contributed by atoms with E-state index in [0.29, 0.717) is 0 Å². The van der Waals surface area contributed by atoms with Crippen LogP contribution in [0, 0.1) is 0 Å². The number of fused-ring (bicyclic) bond motifs is 1. The van der Waals surface area contributed by atoms with Gasteiger partial charge in [-0.1, -0.05) is 25.4 Å². The summed E-state index contributed by atoms with van der Waals surface area (Å²) in [7, 11) is 0. The smallest absolute Gasteiger partial charge is 0.114 e. The summed E-state index contributed by atoms with van der Waals surface area (Å²) < 4.78 is 1.11. The summed E-state index contributed by atoms with van der Waals surface area (Å²) in [5.41, 5.74) is 7.03. The van der Waals surface area contributed by atoms with Crippen LogP contribution in [-0.2, 0) is 5.54 Å². The van der Waals surface area contributed by atoms with Crippen molar-refractivity contribution in [3.05, 3.63) is 28.2 Å². The molecule has 0 saturated heterocycles. The maximum absolute atomic E-state index is 6.33. The van der Waals surface area contributed by atoms with E-state index in [9.17, 15) is 0 Å². The van der Waals surface area contributed by atoms with Crippen molar-refractivity contribution in [2.45, 2.75) is 32.2 Å². The fourth-order valence-electron chi connectivity index (χ4n) is 1.66. The first-order valence-corrected chi connectivity index (χ1v) is 6.64. The molecule has 0 amide bonds. The minimum atomic E-state index is -0.295. The maximum atomic E-state index is 6.33. The lowest BCUT2D eigenvalue weighted by atomic mass is 9.95. The quantitative estimate of drug-likeness (QED) is 0.902. The first kappa shape index (κ1) is 11.8. The van der Waals surface area contributed by atoms with Crippen LogP contribution >= 0.6 is 22.9 Å². The van der Waals surface area contributed by atoms with Gasteiger partial charge in [-0.05, 0) is 31.0 Å². The van der Waals surface area contributed by atoms with Gasteiger partial charge in [0.2, 0.25) is 0 Å². The van der Waals surface area contributed by atoms with Crippen molar-refractivity contribution < 1.29 is 0 Å². The van der Waals surface area contributed by atoms with Crippen molar-refractivity contribution in [3.8, 4) is 0 Å². The van der Waals surface area contributed by atoms with Gasteiger partial charge in [-0.3, -0.25) is 0 Å². The molecular formula is C12H15ClN2S. The molecule has 2 rings (SSSR count). The molecule has 0 radical (unpaired) electrons. The monoisotopic (exact) mass is 254 g/mol. The van der Waals surface area contributed by atoms with Gasteiger partial charge in [0, 0.05) is 5.02 Å². The van der Waals surface area contributed by atoms with E-state index >= 15 is 0 Å². The van der Waals surface area contributed by atoms with Gasteiger partial charge in [-0.15, -0.1) is 11.3 Å². The molecule has 0 bridgehead atoms. The van der Waals surface area contributed by atoms with E-state index in [4.69, 9.17) is 17.3 Å². The number of hydrogen-bond acceptors (Lipinski definition) is 3. The Labute approximate surface area is 104 Å². The number of halogens is 1. The summed E-state index contributed by atoms with van der Waals surface area (Å²) in [6.07, 6.45) is 1.80. The summed E-state index contributed by atoms with van der Waals surface area (Å²) in [5, 5.41) is 1.76. The van der Waals surface area contributed by atoms with Gasteiger partial charge in [-0.25, -0.2) is 4.98 Å². The standard InChI is InChI=1S/C12H15ClN2S/c1-3-12(14,4-2)11-15-9-6-5-8(13)7-10(9)16-11/h5-7H,3-4,14H2,1-2H3. The third-order valence-corrected chi connectivity index (χ3v) is 4.51. The highest BCUT2D eigenvalue weighted by Gasteiger charge is 2.26. The molecule has 0 aliphatic carbocycles. The van der Waals surface area contributed by atoms with Gasteiger partial charge in [-0.2, -0.15) is 0 Å². The van der Waals surface area contributed by atoms with Crippen LogP contribution in [0.5, 0.6) is 0 Å². The van der Waals surface area contributed by atoms with Crippen LogP contribution in [0.1, 0.15) is 31.7 Å². The fourth-order valence-corrected chi connectivity index (χ4v) is 3.15. The molecule has 0 unspecified atom stereocenters. The molecular weight excluding hydrogens is 240 g/mol. The highest BCUT2D eigenvalue weighted by molar-refractivity contribution is 7.18. The number of benzene rings is 1. The first-order chi connectivity index (χ1) is 7.59.